The number of ether oxygens (including phenoxy) is 1. The normalized spacial score (nSPS) is 19.4. The first-order chi connectivity index (χ1) is 8.04. The van der Waals surface area contributed by atoms with Crippen LogP contribution >= 0.6 is 0 Å². The molecule has 0 aliphatic carbocycles. The molecule has 1 atom stereocenters. The summed E-state index contributed by atoms with van der Waals surface area (Å²) in [5.41, 5.74) is 3.49. The minimum absolute atomic E-state index is 0.0112. The molecule has 2 rings (SSSR count). The van der Waals surface area contributed by atoms with Crippen LogP contribution in [0.2, 0.25) is 0 Å². The molecular formula is C13H18N2O2. The van der Waals surface area contributed by atoms with Crippen molar-refractivity contribution in [2.45, 2.75) is 19.9 Å². The van der Waals surface area contributed by atoms with E-state index in [1.807, 2.05) is 19.1 Å². The standard InChI is InChI=1S/C13H18N2O2/c1-8-9(2)12(17-4)6-5-10(8)11-7-15(3)13(16)14-11/h5-6,11H,7H2,1-4H3,(H,14,16). The molecule has 1 heterocycles. The van der Waals surface area contributed by atoms with E-state index < -0.39 is 0 Å². The Morgan fingerprint density at radius 3 is 2.59 bits per heavy atom. The van der Waals surface area contributed by atoms with Gasteiger partial charge in [0.2, 0.25) is 0 Å². The second-order valence-corrected chi connectivity index (χ2v) is 4.49. The maximum atomic E-state index is 11.5. The molecule has 1 aromatic rings. The van der Waals surface area contributed by atoms with Crippen LogP contribution in [0, 0.1) is 13.8 Å². The van der Waals surface area contributed by atoms with E-state index >= 15 is 0 Å². The second-order valence-electron chi connectivity index (χ2n) is 4.49. The van der Waals surface area contributed by atoms with E-state index in [0.29, 0.717) is 6.54 Å². The van der Waals surface area contributed by atoms with Gasteiger partial charge in [0, 0.05) is 13.6 Å². The lowest BCUT2D eigenvalue weighted by Gasteiger charge is -2.16. The largest absolute Gasteiger partial charge is 0.496 e. The SMILES string of the molecule is COc1ccc(C2CN(C)C(=O)N2)c(C)c1C. The molecule has 2 amide bonds. The summed E-state index contributed by atoms with van der Waals surface area (Å²) >= 11 is 0. The maximum Gasteiger partial charge on any atom is 0.317 e. The Bertz CT molecular complexity index is 457. The summed E-state index contributed by atoms with van der Waals surface area (Å²) in [4.78, 5) is 13.2. The lowest BCUT2D eigenvalue weighted by atomic mass is 9.97. The number of hydrogen-bond donors (Lipinski definition) is 1. The van der Waals surface area contributed by atoms with E-state index in [9.17, 15) is 4.79 Å². The smallest absolute Gasteiger partial charge is 0.317 e. The number of nitrogens with one attached hydrogen (secondary N) is 1. The summed E-state index contributed by atoms with van der Waals surface area (Å²) in [5.74, 6) is 0.893. The van der Waals surface area contributed by atoms with Crippen LogP contribution in [0.5, 0.6) is 5.75 Å². The molecule has 1 N–H and O–H groups in total. The Morgan fingerprint density at radius 2 is 2.06 bits per heavy atom. The molecule has 0 saturated carbocycles. The Kier molecular flexibility index (Phi) is 2.96. The van der Waals surface area contributed by atoms with Crippen molar-refractivity contribution in [3.8, 4) is 5.75 Å². The fourth-order valence-corrected chi connectivity index (χ4v) is 2.25. The molecule has 1 fully saturated rings. The minimum Gasteiger partial charge on any atom is -0.496 e. The highest BCUT2D eigenvalue weighted by Gasteiger charge is 2.28. The zero-order valence-corrected chi connectivity index (χ0v) is 10.7. The third-order valence-electron chi connectivity index (χ3n) is 3.48. The number of methoxy groups -OCH3 is 1. The predicted molar refractivity (Wildman–Crippen MR) is 66.4 cm³/mol. The van der Waals surface area contributed by atoms with Gasteiger partial charge in [-0.1, -0.05) is 6.07 Å². The maximum absolute atomic E-state index is 11.5. The third kappa shape index (κ3) is 1.95. The summed E-state index contributed by atoms with van der Waals surface area (Å²) < 4.78 is 5.29. The summed E-state index contributed by atoms with van der Waals surface area (Å²) in [6, 6.07) is 4.06. The van der Waals surface area contributed by atoms with E-state index in [-0.39, 0.29) is 12.1 Å². The van der Waals surface area contributed by atoms with Crippen molar-refractivity contribution in [3.63, 3.8) is 0 Å². The van der Waals surface area contributed by atoms with Crippen LogP contribution in [0.3, 0.4) is 0 Å². The highest BCUT2D eigenvalue weighted by Crippen LogP contribution is 2.29. The summed E-state index contributed by atoms with van der Waals surface area (Å²) in [7, 11) is 3.48. The summed E-state index contributed by atoms with van der Waals surface area (Å²) in [6.07, 6.45) is 0. The predicted octanol–water partition coefficient (Wildman–Crippen LogP) is 2.01. The topological polar surface area (TPSA) is 41.6 Å². The van der Waals surface area contributed by atoms with E-state index in [1.165, 1.54) is 11.1 Å². The van der Waals surface area contributed by atoms with E-state index in [2.05, 4.69) is 12.2 Å². The van der Waals surface area contributed by atoms with Crippen LogP contribution in [-0.4, -0.2) is 31.6 Å². The van der Waals surface area contributed by atoms with Crippen molar-refractivity contribution < 1.29 is 9.53 Å². The molecular weight excluding hydrogens is 216 g/mol. The molecule has 1 aliphatic rings. The Hall–Kier alpha value is -1.71. The molecule has 0 aromatic heterocycles. The van der Waals surface area contributed by atoms with Gasteiger partial charge in [0.05, 0.1) is 13.2 Å². The number of carbonyl (C=O) groups excluding carboxylic acids is 1. The highest BCUT2D eigenvalue weighted by atomic mass is 16.5. The number of rotatable bonds is 2. The van der Waals surface area contributed by atoms with Crippen LogP contribution in [0.4, 0.5) is 4.79 Å². The average molecular weight is 234 g/mol. The molecule has 0 spiro atoms. The number of amides is 2. The molecule has 0 bridgehead atoms. The van der Waals surface area contributed by atoms with E-state index in [0.717, 1.165) is 11.3 Å². The van der Waals surface area contributed by atoms with E-state index in [4.69, 9.17) is 4.74 Å². The molecule has 4 nitrogen and oxygen atoms in total. The number of benzene rings is 1. The average Bonchev–Trinajstić information content (AvgIpc) is 2.63. The Morgan fingerprint density at radius 1 is 1.35 bits per heavy atom. The van der Waals surface area contributed by atoms with Crippen LogP contribution < -0.4 is 10.1 Å². The van der Waals surface area contributed by atoms with Gasteiger partial charge in [0.15, 0.2) is 0 Å². The Balaban J connectivity index is 2.35. The van der Waals surface area contributed by atoms with Gasteiger partial charge < -0.3 is 15.0 Å². The summed E-state index contributed by atoms with van der Waals surface area (Å²) in [6.45, 7) is 4.82. The van der Waals surface area contributed by atoms with Gasteiger partial charge in [-0.25, -0.2) is 4.79 Å². The molecule has 1 aromatic carbocycles. The van der Waals surface area contributed by atoms with Crippen molar-refractivity contribution in [2.75, 3.05) is 20.7 Å². The molecule has 4 heteroatoms. The third-order valence-corrected chi connectivity index (χ3v) is 3.48. The molecule has 0 radical (unpaired) electrons. The van der Waals surface area contributed by atoms with Crippen molar-refractivity contribution >= 4 is 6.03 Å². The zero-order valence-electron chi connectivity index (χ0n) is 10.7. The van der Waals surface area contributed by atoms with Crippen LogP contribution in [0.25, 0.3) is 0 Å². The van der Waals surface area contributed by atoms with Gasteiger partial charge in [0.25, 0.3) is 0 Å². The van der Waals surface area contributed by atoms with Crippen molar-refractivity contribution in [3.05, 3.63) is 28.8 Å². The highest BCUT2D eigenvalue weighted by molar-refractivity contribution is 5.77. The molecule has 17 heavy (non-hydrogen) atoms. The second kappa shape index (κ2) is 4.28. The zero-order chi connectivity index (χ0) is 12.6. The number of likely N-dealkylation sites (N-methyl/N-ethyl adjacent to an activating group) is 1. The van der Waals surface area contributed by atoms with Crippen LogP contribution in [0.1, 0.15) is 22.7 Å². The fourth-order valence-electron chi connectivity index (χ4n) is 2.25. The minimum atomic E-state index is -0.0112. The first-order valence-electron chi connectivity index (χ1n) is 5.70. The fraction of sp³-hybridized carbons (Fsp3) is 0.462. The van der Waals surface area contributed by atoms with Gasteiger partial charge in [-0.05, 0) is 36.6 Å². The molecule has 1 saturated heterocycles. The lowest BCUT2D eigenvalue weighted by Crippen LogP contribution is -2.24. The first-order valence-corrected chi connectivity index (χ1v) is 5.70. The van der Waals surface area contributed by atoms with Crippen molar-refractivity contribution in [1.29, 1.82) is 0 Å². The van der Waals surface area contributed by atoms with Crippen molar-refractivity contribution in [2.24, 2.45) is 0 Å². The summed E-state index contributed by atoms with van der Waals surface area (Å²) in [5, 5.41) is 2.97. The number of hydrogen-bond acceptors (Lipinski definition) is 2. The van der Waals surface area contributed by atoms with E-state index in [1.54, 1.807) is 19.1 Å². The van der Waals surface area contributed by atoms with Gasteiger partial charge >= 0.3 is 6.03 Å². The van der Waals surface area contributed by atoms with Gasteiger partial charge in [-0.15, -0.1) is 0 Å². The van der Waals surface area contributed by atoms with Gasteiger partial charge in [0.1, 0.15) is 5.75 Å². The number of nitrogens with zero attached hydrogens (tertiary/aromatic N) is 1. The molecule has 1 aliphatic heterocycles. The molecule has 1 unspecified atom stereocenters. The monoisotopic (exact) mass is 234 g/mol. The Labute approximate surface area is 102 Å². The van der Waals surface area contributed by atoms with Gasteiger partial charge in [-0.2, -0.15) is 0 Å². The first kappa shape index (κ1) is 11.8. The van der Waals surface area contributed by atoms with Crippen molar-refractivity contribution in [1.82, 2.24) is 10.2 Å². The van der Waals surface area contributed by atoms with Crippen LogP contribution in [0.15, 0.2) is 12.1 Å². The quantitative estimate of drug-likeness (QED) is 0.850. The number of carbonyl (C=O) groups is 1. The molecule has 92 valence electrons. The lowest BCUT2D eigenvalue weighted by molar-refractivity contribution is 0.226. The number of urea groups is 1. The van der Waals surface area contributed by atoms with Crippen LogP contribution in [-0.2, 0) is 0 Å². The van der Waals surface area contributed by atoms with Gasteiger partial charge in [-0.3, -0.25) is 0 Å².